The van der Waals surface area contributed by atoms with Crippen molar-refractivity contribution in [2.45, 2.75) is 38.8 Å². The SMILES string of the molecule is CC(N[C@@H](C)c1ccncc1)C1CC2C=CC1C2. The van der Waals surface area contributed by atoms with Crippen molar-refractivity contribution in [2.24, 2.45) is 17.8 Å². The third-order valence-electron chi connectivity index (χ3n) is 4.69. The highest BCUT2D eigenvalue weighted by atomic mass is 14.9. The monoisotopic (exact) mass is 242 g/mol. The van der Waals surface area contributed by atoms with E-state index in [-0.39, 0.29) is 0 Å². The molecule has 0 aliphatic heterocycles. The molecule has 3 rings (SSSR count). The first-order valence-corrected chi connectivity index (χ1v) is 7.08. The predicted octanol–water partition coefficient (Wildman–Crippen LogP) is 3.33. The average molecular weight is 242 g/mol. The first-order chi connectivity index (χ1) is 8.74. The van der Waals surface area contributed by atoms with Gasteiger partial charge in [0.05, 0.1) is 0 Å². The van der Waals surface area contributed by atoms with Crippen LogP contribution in [-0.2, 0) is 0 Å². The lowest BCUT2D eigenvalue weighted by Gasteiger charge is -2.29. The number of nitrogens with one attached hydrogen (secondary N) is 1. The molecule has 2 bridgehead atoms. The maximum absolute atomic E-state index is 4.08. The van der Waals surface area contributed by atoms with Crippen molar-refractivity contribution in [1.29, 1.82) is 0 Å². The highest BCUT2D eigenvalue weighted by Crippen LogP contribution is 2.45. The lowest BCUT2D eigenvalue weighted by Crippen LogP contribution is -2.37. The van der Waals surface area contributed by atoms with E-state index in [1.54, 1.807) is 0 Å². The molecule has 0 radical (unpaired) electrons. The van der Waals surface area contributed by atoms with Gasteiger partial charge in [0, 0.05) is 24.5 Å². The number of pyridine rings is 1. The summed E-state index contributed by atoms with van der Waals surface area (Å²) in [5, 5.41) is 3.76. The predicted molar refractivity (Wildman–Crippen MR) is 74.1 cm³/mol. The number of rotatable bonds is 4. The minimum atomic E-state index is 0.408. The topological polar surface area (TPSA) is 24.9 Å². The maximum Gasteiger partial charge on any atom is 0.0295 e. The minimum absolute atomic E-state index is 0.408. The molecule has 1 aromatic rings. The summed E-state index contributed by atoms with van der Waals surface area (Å²) in [4.78, 5) is 4.08. The summed E-state index contributed by atoms with van der Waals surface area (Å²) in [5.74, 6) is 2.51. The molecule has 1 heterocycles. The van der Waals surface area contributed by atoms with E-state index < -0.39 is 0 Å². The third kappa shape index (κ3) is 2.22. The highest BCUT2D eigenvalue weighted by molar-refractivity contribution is 5.15. The van der Waals surface area contributed by atoms with E-state index in [4.69, 9.17) is 0 Å². The van der Waals surface area contributed by atoms with Crippen LogP contribution in [0.4, 0.5) is 0 Å². The Morgan fingerprint density at radius 2 is 1.94 bits per heavy atom. The van der Waals surface area contributed by atoms with Crippen LogP contribution in [0, 0.1) is 17.8 Å². The molecule has 1 saturated carbocycles. The van der Waals surface area contributed by atoms with Crippen LogP contribution < -0.4 is 5.32 Å². The Hall–Kier alpha value is -1.15. The summed E-state index contributed by atoms with van der Waals surface area (Å²) >= 11 is 0. The van der Waals surface area contributed by atoms with Crippen molar-refractivity contribution in [1.82, 2.24) is 10.3 Å². The second kappa shape index (κ2) is 4.85. The van der Waals surface area contributed by atoms with Crippen molar-refractivity contribution in [3.63, 3.8) is 0 Å². The molecule has 1 fully saturated rings. The quantitative estimate of drug-likeness (QED) is 0.819. The van der Waals surface area contributed by atoms with Crippen LogP contribution in [0.1, 0.15) is 38.3 Å². The van der Waals surface area contributed by atoms with E-state index in [1.807, 2.05) is 12.4 Å². The zero-order valence-electron chi connectivity index (χ0n) is 11.2. The first kappa shape index (κ1) is 11.9. The van der Waals surface area contributed by atoms with Gasteiger partial charge in [0.1, 0.15) is 0 Å². The van der Waals surface area contributed by atoms with E-state index in [9.17, 15) is 0 Å². The molecule has 5 atom stereocenters. The number of allylic oxidation sites excluding steroid dienone is 2. The van der Waals surface area contributed by atoms with Crippen molar-refractivity contribution >= 4 is 0 Å². The van der Waals surface area contributed by atoms with Gasteiger partial charge in [0.2, 0.25) is 0 Å². The smallest absolute Gasteiger partial charge is 0.0295 e. The third-order valence-corrected chi connectivity index (χ3v) is 4.69. The fraction of sp³-hybridized carbons (Fsp3) is 0.562. The second-order valence-electron chi connectivity index (χ2n) is 5.90. The Morgan fingerprint density at radius 3 is 2.56 bits per heavy atom. The van der Waals surface area contributed by atoms with Crippen LogP contribution >= 0.6 is 0 Å². The van der Waals surface area contributed by atoms with E-state index in [0.717, 1.165) is 17.8 Å². The van der Waals surface area contributed by atoms with Gasteiger partial charge in [0.25, 0.3) is 0 Å². The Labute approximate surface area is 110 Å². The first-order valence-electron chi connectivity index (χ1n) is 7.08. The standard InChI is InChI=1S/C16H22N2/c1-11(14-5-7-17-8-6-14)18-12(2)16-10-13-3-4-15(16)9-13/h3-8,11-13,15-16,18H,9-10H2,1-2H3/t11-,12?,13?,15?,16?/m0/s1. The van der Waals surface area contributed by atoms with Gasteiger partial charge >= 0.3 is 0 Å². The molecule has 1 N–H and O–H groups in total. The molecule has 1 aromatic heterocycles. The summed E-state index contributed by atoms with van der Waals surface area (Å²) in [6.45, 7) is 4.59. The zero-order chi connectivity index (χ0) is 12.5. The summed E-state index contributed by atoms with van der Waals surface area (Å²) in [7, 11) is 0. The van der Waals surface area contributed by atoms with E-state index in [2.05, 4.69) is 48.4 Å². The molecule has 0 spiro atoms. The maximum atomic E-state index is 4.08. The van der Waals surface area contributed by atoms with Crippen molar-refractivity contribution in [3.8, 4) is 0 Å². The number of aromatic nitrogens is 1. The largest absolute Gasteiger partial charge is 0.307 e. The summed E-state index contributed by atoms with van der Waals surface area (Å²) in [5.41, 5.74) is 1.33. The molecule has 4 unspecified atom stereocenters. The summed E-state index contributed by atoms with van der Waals surface area (Å²) in [6, 6.07) is 5.20. The van der Waals surface area contributed by atoms with Gasteiger partial charge in [-0.3, -0.25) is 4.98 Å². The van der Waals surface area contributed by atoms with E-state index >= 15 is 0 Å². The molecule has 2 aliphatic rings. The molecular formula is C16H22N2. The van der Waals surface area contributed by atoms with Gasteiger partial charge in [-0.25, -0.2) is 0 Å². The Bertz CT molecular complexity index is 426. The Balaban J connectivity index is 1.61. The molecule has 2 heteroatoms. The zero-order valence-corrected chi connectivity index (χ0v) is 11.2. The van der Waals surface area contributed by atoms with Crippen LogP contribution in [0.3, 0.4) is 0 Å². The van der Waals surface area contributed by atoms with E-state index in [1.165, 1.54) is 18.4 Å². The highest BCUT2D eigenvalue weighted by Gasteiger charge is 2.38. The number of hydrogen-bond acceptors (Lipinski definition) is 2. The van der Waals surface area contributed by atoms with Gasteiger partial charge in [-0.05, 0) is 62.1 Å². The Morgan fingerprint density at radius 1 is 1.17 bits per heavy atom. The molecule has 18 heavy (non-hydrogen) atoms. The van der Waals surface area contributed by atoms with Crippen LogP contribution in [0.25, 0.3) is 0 Å². The number of nitrogens with zero attached hydrogens (tertiary/aromatic N) is 1. The molecule has 96 valence electrons. The minimum Gasteiger partial charge on any atom is -0.307 e. The molecule has 2 aliphatic carbocycles. The molecule has 2 nitrogen and oxygen atoms in total. The van der Waals surface area contributed by atoms with Gasteiger partial charge in [-0.2, -0.15) is 0 Å². The molecule has 0 aromatic carbocycles. The second-order valence-corrected chi connectivity index (χ2v) is 5.90. The van der Waals surface area contributed by atoms with Crippen molar-refractivity contribution in [2.75, 3.05) is 0 Å². The molecular weight excluding hydrogens is 220 g/mol. The fourth-order valence-corrected chi connectivity index (χ4v) is 3.66. The molecule has 0 amide bonds. The van der Waals surface area contributed by atoms with Crippen LogP contribution in [-0.4, -0.2) is 11.0 Å². The summed E-state index contributed by atoms with van der Waals surface area (Å²) < 4.78 is 0. The van der Waals surface area contributed by atoms with Gasteiger partial charge in [-0.1, -0.05) is 12.2 Å². The summed E-state index contributed by atoms with van der Waals surface area (Å²) in [6.07, 6.45) is 11.4. The van der Waals surface area contributed by atoms with Gasteiger partial charge in [-0.15, -0.1) is 0 Å². The van der Waals surface area contributed by atoms with Crippen LogP contribution in [0.5, 0.6) is 0 Å². The lowest BCUT2D eigenvalue weighted by molar-refractivity contribution is 0.307. The van der Waals surface area contributed by atoms with Crippen molar-refractivity contribution < 1.29 is 0 Å². The van der Waals surface area contributed by atoms with E-state index in [0.29, 0.717) is 12.1 Å². The fourth-order valence-electron chi connectivity index (χ4n) is 3.66. The number of fused-ring (bicyclic) bond motifs is 2. The number of hydrogen-bond donors (Lipinski definition) is 1. The van der Waals surface area contributed by atoms with Gasteiger partial charge < -0.3 is 5.32 Å². The Kier molecular flexibility index (Phi) is 3.21. The lowest BCUT2D eigenvalue weighted by atomic mass is 9.87. The molecule has 0 saturated heterocycles. The average Bonchev–Trinajstić information content (AvgIpc) is 3.02. The van der Waals surface area contributed by atoms with Crippen LogP contribution in [0.15, 0.2) is 36.7 Å². The van der Waals surface area contributed by atoms with Crippen molar-refractivity contribution in [3.05, 3.63) is 42.2 Å². The normalized spacial score (nSPS) is 32.7. The van der Waals surface area contributed by atoms with Crippen LogP contribution in [0.2, 0.25) is 0 Å². The van der Waals surface area contributed by atoms with Gasteiger partial charge in [0.15, 0.2) is 0 Å².